The molecule has 0 N–H and O–H groups in total. The molecule has 3 nitrogen and oxygen atoms in total. The highest BCUT2D eigenvalue weighted by Gasteiger charge is 2.56. The number of nitrogens with zero attached hydrogens (tertiary/aromatic N) is 1. The van der Waals surface area contributed by atoms with Crippen molar-refractivity contribution in [2.75, 3.05) is 0 Å². The number of hydrogen-bond acceptors (Lipinski definition) is 2. The minimum absolute atomic E-state index is 0.197. The summed E-state index contributed by atoms with van der Waals surface area (Å²) in [6.45, 7) is 12.8. The first-order chi connectivity index (χ1) is 11.7. The van der Waals surface area contributed by atoms with Crippen LogP contribution >= 0.6 is 0 Å². The molecular weight excluding hydrogens is 330 g/mol. The van der Waals surface area contributed by atoms with Crippen LogP contribution in [0.4, 0.5) is 0 Å². The summed E-state index contributed by atoms with van der Waals surface area (Å²) < 4.78 is 29.1. The maximum absolute atomic E-state index is 13.6. The average Bonchev–Trinajstić information content (AvgIpc) is 3.28. The van der Waals surface area contributed by atoms with Crippen LogP contribution in [0.2, 0.25) is 0 Å². The van der Waals surface area contributed by atoms with Crippen molar-refractivity contribution in [3.8, 4) is 0 Å². The topological polar surface area (TPSA) is 37.1 Å². The van der Waals surface area contributed by atoms with Crippen molar-refractivity contribution in [3.63, 3.8) is 0 Å². The van der Waals surface area contributed by atoms with Gasteiger partial charge in [-0.25, -0.2) is 8.42 Å². The second-order valence-corrected chi connectivity index (χ2v) is 10.5. The van der Waals surface area contributed by atoms with Crippen LogP contribution in [0.3, 0.4) is 0 Å². The predicted octanol–water partition coefficient (Wildman–Crippen LogP) is 5.37. The van der Waals surface area contributed by atoms with Gasteiger partial charge in [-0.1, -0.05) is 66.5 Å². The quantitative estimate of drug-likeness (QED) is 0.659. The Labute approximate surface area is 153 Å². The van der Waals surface area contributed by atoms with E-state index in [9.17, 15) is 8.42 Å². The molecule has 0 spiro atoms. The summed E-state index contributed by atoms with van der Waals surface area (Å²) in [4.78, 5) is 0.608. The molecule has 0 radical (unpaired) electrons. The van der Waals surface area contributed by atoms with Crippen molar-refractivity contribution in [2.24, 2.45) is 0 Å². The zero-order valence-electron chi connectivity index (χ0n) is 16.5. The molecular formula is C21H33NO2S. The zero-order valence-corrected chi connectivity index (χ0v) is 17.4. The Hall–Kier alpha value is -0.870. The van der Waals surface area contributed by atoms with Gasteiger partial charge in [-0.05, 0) is 47.3 Å². The van der Waals surface area contributed by atoms with Gasteiger partial charge in [-0.3, -0.25) is 0 Å². The fourth-order valence-corrected chi connectivity index (χ4v) is 6.85. The van der Waals surface area contributed by atoms with E-state index in [1.807, 2.05) is 4.31 Å². The standard InChI is InChI=1S/C21H33NO2S/c1-13(2)16-11-17(14(3)4)21(18(12-16)15(5)6)25(23,24)22-19-9-7-8-10-20(19)22/h11-15,19-20H,7-10H2,1-6H3. The number of fused-ring (bicyclic) bond motifs is 1. The summed E-state index contributed by atoms with van der Waals surface area (Å²) >= 11 is 0. The molecule has 1 aromatic rings. The van der Waals surface area contributed by atoms with Gasteiger partial charge in [0.1, 0.15) is 0 Å². The van der Waals surface area contributed by atoms with E-state index in [-0.39, 0.29) is 23.9 Å². The second kappa shape index (κ2) is 6.70. The second-order valence-electron chi connectivity index (χ2n) is 8.75. The average molecular weight is 364 g/mol. The van der Waals surface area contributed by atoms with Crippen molar-refractivity contribution in [1.29, 1.82) is 0 Å². The first-order valence-electron chi connectivity index (χ1n) is 9.87. The Morgan fingerprint density at radius 1 is 0.840 bits per heavy atom. The molecule has 4 heteroatoms. The molecule has 2 atom stereocenters. The molecule has 1 aliphatic carbocycles. The number of sulfonamides is 1. The van der Waals surface area contributed by atoms with Gasteiger partial charge in [0.15, 0.2) is 0 Å². The van der Waals surface area contributed by atoms with Crippen molar-refractivity contribution in [3.05, 3.63) is 28.8 Å². The molecule has 25 heavy (non-hydrogen) atoms. The summed E-state index contributed by atoms with van der Waals surface area (Å²) in [5.74, 6) is 0.793. The summed E-state index contributed by atoms with van der Waals surface area (Å²) in [5.41, 5.74) is 3.24. The Bertz CT molecular complexity index is 708. The fraction of sp³-hybridized carbons (Fsp3) is 0.714. The highest BCUT2D eigenvalue weighted by Crippen LogP contribution is 2.47. The Morgan fingerprint density at radius 2 is 1.28 bits per heavy atom. The maximum atomic E-state index is 13.6. The zero-order chi connectivity index (χ0) is 18.5. The first-order valence-corrected chi connectivity index (χ1v) is 11.3. The van der Waals surface area contributed by atoms with Gasteiger partial charge in [0.25, 0.3) is 0 Å². The minimum Gasteiger partial charge on any atom is -0.207 e. The van der Waals surface area contributed by atoms with E-state index in [0.717, 1.165) is 36.8 Å². The molecule has 0 amide bonds. The van der Waals surface area contributed by atoms with E-state index in [1.54, 1.807) is 0 Å². The molecule has 3 rings (SSSR count). The lowest BCUT2D eigenvalue weighted by Gasteiger charge is -2.23. The fourth-order valence-electron chi connectivity index (χ4n) is 4.31. The lowest BCUT2D eigenvalue weighted by Crippen LogP contribution is -2.21. The molecule has 0 aromatic heterocycles. The lowest BCUT2D eigenvalue weighted by molar-refractivity contribution is 0.540. The van der Waals surface area contributed by atoms with Crippen LogP contribution < -0.4 is 0 Å². The van der Waals surface area contributed by atoms with Crippen LogP contribution in [0.25, 0.3) is 0 Å². The molecule has 2 unspecified atom stereocenters. The van der Waals surface area contributed by atoms with Crippen LogP contribution in [0, 0.1) is 0 Å². The Morgan fingerprint density at radius 3 is 1.64 bits per heavy atom. The number of rotatable bonds is 5. The van der Waals surface area contributed by atoms with E-state index >= 15 is 0 Å². The molecule has 0 bridgehead atoms. The molecule has 1 heterocycles. The monoisotopic (exact) mass is 363 g/mol. The Kier molecular flexibility index (Phi) is 5.06. The maximum Gasteiger partial charge on any atom is 0.244 e. The molecule has 1 saturated heterocycles. The third-order valence-corrected chi connectivity index (χ3v) is 7.96. The normalized spacial score (nSPS) is 26.4. The van der Waals surface area contributed by atoms with Crippen LogP contribution in [0.15, 0.2) is 17.0 Å². The van der Waals surface area contributed by atoms with Gasteiger partial charge < -0.3 is 0 Å². The summed E-state index contributed by atoms with van der Waals surface area (Å²) in [5, 5.41) is 0. The highest BCUT2D eigenvalue weighted by molar-refractivity contribution is 7.89. The molecule has 2 fully saturated rings. The molecule has 1 saturated carbocycles. The van der Waals surface area contributed by atoms with E-state index in [2.05, 4.69) is 53.7 Å². The van der Waals surface area contributed by atoms with Crippen molar-refractivity contribution >= 4 is 10.0 Å². The van der Waals surface area contributed by atoms with Gasteiger partial charge in [-0.2, -0.15) is 4.31 Å². The minimum atomic E-state index is -3.41. The largest absolute Gasteiger partial charge is 0.244 e. The van der Waals surface area contributed by atoms with Crippen LogP contribution in [-0.4, -0.2) is 24.8 Å². The first kappa shape index (κ1) is 18.9. The molecule has 140 valence electrons. The third-order valence-electron chi connectivity index (χ3n) is 5.87. The van der Waals surface area contributed by atoms with Crippen molar-refractivity contribution in [1.82, 2.24) is 4.31 Å². The van der Waals surface area contributed by atoms with Crippen LogP contribution in [-0.2, 0) is 10.0 Å². The van der Waals surface area contributed by atoms with Crippen LogP contribution in [0.5, 0.6) is 0 Å². The number of benzene rings is 1. The van der Waals surface area contributed by atoms with Crippen molar-refractivity contribution in [2.45, 2.75) is 102 Å². The van der Waals surface area contributed by atoms with Gasteiger partial charge in [0.05, 0.1) is 4.90 Å². The van der Waals surface area contributed by atoms with Gasteiger partial charge >= 0.3 is 0 Å². The van der Waals surface area contributed by atoms with E-state index in [4.69, 9.17) is 0 Å². The van der Waals surface area contributed by atoms with E-state index in [1.165, 1.54) is 5.56 Å². The highest BCUT2D eigenvalue weighted by atomic mass is 32.2. The molecule has 1 aliphatic heterocycles. The summed E-state index contributed by atoms with van der Waals surface area (Å²) in [6, 6.07) is 4.79. The predicted molar refractivity (Wildman–Crippen MR) is 104 cm³/mol. The van der Waals surface area contributed by atoms with Gasteiger partial charge in [0, 0.05) is 12.1 Å². The molecule has 2 aliphatic rings. The smallest absolute Gasteiger partial charge is 0.207 e. The van der Waals surface area contributed by atoms with E-state index in [0.29, 0.717) is 10.8 Å². The van der Waals surface area contributed by atoms with Gasteiger partial charge in [0.2, 0.25) is 10.0 Å². The molecule has 1 aromatic carbocycles. The summed E-state index contributed by atoms with van der Waals surface area (Å²) in [7, 11) is -3.41. The Balaban J connectivity index is 2.16. The third kappa shape index (κ3) is 3.28. The van der Waals surface area contributed by atoms with E-state index < -0.39 is 10.0 Å². The number of hydrogen-bond donors (Lipinski definition) is 0. The SMILES string of the molecule is CC(C)c1cc(C(C)C)c(S(=O)(=O)N2C3CCCCC32)c(C(C)C)c1. The van der Waals surface area contributed by atoms with Crippen LogP contribution in [0.1, 0.15) is 102 Å². The summed E-state index contributed by atoms with van der Waals surface area (Å²) in [6.07, 6.45) is 4.38. The lowest BCUT2D eigenvalue weighted by atomic mass is 9.89. The van der Waals surface area contributed by atoms with Crippen molar-refractivity contribution < 1.29 is 8.42 Å². The van der Waals surface area contributed by atoms with Gasteiger partial charge in [-0.15, -0.1) is 0 Å².